The molecule has 0 aromatic heterocycles. The summed E-state index contributed by atoms with van der Waals surface area (Å²) in [5.41, 5.74) is 0. The molecular formula is C4H5F3O3S. The van der Waals surface area contributed by atoms with Gasteiger partial charge in [-0.05, 0) is 0 Å². The van der Waals surface area contributed by atoms with Gasteiger partial charge in [-0.1, -0.05) is 6.58 Å². The molecule has 0 radical (unpaired) electrons. The Kier molecular flexibility index (Phi) is 4.12. The van der Waals surface area contributed by atoms with Crippen LogP contribution in [0.4, 0.5) is 13.2 Å². The van der Waals surface area contributed by atoms with E-state index in [4.69, 9.17) is 0 Å². The van der Waals surface area contributed by atoms with Crippen LogP contribution in [0.1, 0.15) is 0 Å². The molecule has 0 aliphatic rings. The minimum Gasteiger partial charge on any atom is -0.389 e. The van der Waals surface area contributed by atoms with Gasteiger partial charge >= 0.3 is 17.5 Å². The summed E-state index contributed by atoms with van der Waals surface area (Å²) < 4.78 is 51.8. The van der Waals surface area contributed by atoms with Gasteiger partial charge in [0.1, 0.15) is 0 Å². The predicted octanol–water partition coefficient (Wildman–Crippen LogP) is 1.30. The van der Waals surface area contributed by atoms with Crippen molar-refractivity contribution in [3.05, 3.63) is 12.8 Å². The summed E-state index contributed by atoms with van der Waals surface area (Å²) in [6, 6.07) is 0. The average molecular weight is 190 g/mol. The number of rotatable bonds is 4. The molecule has 0 heterocycles. The summed E-state index contributed by atoms with van der Waals surface area (Å²) in [7, 11) is 0. The Balaban J connectivity index is 3.54. The van der Waals surface area contributed by atoms with Crippen molar-refractivity contribution in [1.29, 1.82) is 0 Å². The Morgan fingerprint density at radius 3 is 2.45 bits per heavy atom. The van der Waals surface area contributed by atoms with Gasteiger partial charge in [-0.3, -0.25) is 0 Å². The molecule has 7 heteroatoms. The lowest BCUT2D eigenvalue weighted by atomic mass is 10.7. The van der Waals surface area contributed by atoms with E-state index in [9.17, 15) is 17.4 Å². The smallest absolute Gasteiger partial charge is 0.389 e. The van der Waals surface area contributed by atoms with Crippen LogP contribution in [0, 0.1) is 0 Å². The lowest BCUT2D eigenvalue weighted by molar-refractivity contribution is -0.152. The Morgan fingerprint density at radius 1 is 1.55 bits per heavy atom. The summed E-state index contributed by atoms with van der Waals surface area (Å²) in [6.45, 7) is 1.36. The van der Waals surface area contributed by atoms with Gasteiger partial charge in [0.25, 0.3) is 0 Å². The minimum absolute atomic E-state index is 0.729. The van der Waals surface area contributed by atoms with Crippen molar-refractivity contribution in [2.24, 2.45) is 0 Å². The Bertz CT molecular complexity index is 155. The molecule has 1 atom stereocenters. The van der Waals surface area contributed by atoms with E-state index in [1.807, 2.05) is 0 Å². The maximum atomic E-state index is 11.3. The minimum atomic E-state index is -4.50. The summed E-state index contributed by atoms with van der Waals surface area (Å²) in [6.07, 6.45) is -3.77. The molecule has 0 saturated carbocycles. The monoisotopic (exact) mass is 190 g/mol. The van der Waals surface area contributed by atoms with Crippen molar-refractivity contribution in [3.8, 4) is 0 Å². The molecule has 0 bridgehead atoms. The van der Waals surface area contributed by atoms with Crippen LogP contribution >= 0.6 is 0 Å². The van der Waals surface area contributed by atoms with Gasteiger partial charge in [-0.2, -0.15) is 17.4 Å². The zero-order valence-corrected chi connectivity index (χ0v) is 6.07. The second-order valence-electron chi connectivity index (χ2n) is 1.34. The third-order valence-electron chi connectivity index (χ3n) is 0.465. The highest BCUT2D eigenvalue weighted by atomic mass is 32.2. The van der Waals surface area contributed by atoms with E-state index in [0.29, 0.717) is 0 Å². The number of hydrogen-bond donors (Lipinski definition) is 0. The van der Waals surface area contributed by atoms with Gasteiger partial charge in [-0.15, -0.1) is 0 Å². The third kappa shape index (κ3) is 7.34. The molecule has 0 aliphatic heterocycles. The standard InChI is InChI=1S/C4H5F3O3S/c1-2-9-11(8)10-3-4(5,6)7/h2H,1,3H2. The number of halogens is 3. The molecular weight excluding hydrogens is 185 g/mol. The normalized spacial score (nSPS) is 14.1. The highest BCUT2D eigenvalue weighted by Gasteiger charge is 2.29. The first kappa shape index (κ1) is 10.4. The number of alkyl halides is 3. The first-order valence-electron chi connectivity index (χ1n) is 2.35. The maximum Gasteiger partial charge on any atom is 0.413 e. The Morgan fingerprint density at radius 2 is 2.09 bits per heavy atom. The predicted molar refractivity (Wildman–Crippen MR) is 31.4 cm³/mol. The maximum absolute atomic E-state index is 11.3. The van der Waals surface area contributed by atoms with E-state index in [2.05, 4.69) is 14.9 Å². The molecule has 3 nitrogen and oxygen atoms in total. The molecule has 11 heavy (non-hydrogen) atoms. The molecule has 0 rings (SSSR count). The molecule has 0 saturated heterocycles. The quantitative estimate of drug-likeness (QED) is 0.627. The zero-order valence-electron chi connectivity index (χ0n) is 5.26. The van der Waals surface area contributed by atoms with Gasteiger partial charge in [0.05, 0.1) is 6.26 Å². The van der Waals surface area contributed by atoms with Gasteiger partial charge in [0.15, 0.2) is 6.61 Å². The van der Waals surface area contributed by atoms with Gasteiger partial charge < -0.3 is 4.18 Å². The highest BCUT2D eigenvalue weighted by molar-refractivity contribution is 7.75. The van der Waals surface area contributed by atoms with Crippen LogP contribution in [-0.4, -0.2) is 17.0 Å². The van der Waals surface area contributed by atoms with Crippen LogP contribution in [0.5, 0.6) is 0 Å². The second kappa shape index (κ2) is 4.35. The Labute approximate surface area is 63.7 Å². The summed E-state index contributed by atoms with van der Waals surface area (Å²) in [5.74, 6) is 0. The molecule has 0 aromatic rings. The highest BCUT2D eigenvalue weighted by Crippen LogP contribution is 2.15. The third-order valence-corrected chi connectivity index (χ3v) is 1.07. The van der Waals surface area contributed by atoms with Crippen molar-refractivity contribution in [1.82, 2.24) is 0 Å². The van der Waals surface area contributed by atoms with Gasteiger partial charge in [0, 0.05) is 0 Å². The molecule has 0 spiro atoms. The van der Waals surface area contributed by atoms with E-state index in [1.54, 1.807) is 0 Å². The van der Waals surface area contributed by atoms with Crippen LogP contribution in [0.25, 0.3) is 0 Å². The van der Waals surface area contributed by atoms with E-state index in [-0.39, 0.29) is 0 Å². The van der Waals surface area contributed by atoms with Crippen LogP contribution in [0.15, 0.2) is 12.8 Å². The fourth-order valence-electron chi connectivity index (χ4n) is 0.198. The van der Waals surface area contributed by atoms with Crippen LogP contribution in [0.3, 0.4) is 0 Å². The van der Waals surface area contributed by atoms with Crippen molar-refractivity contribution in [2.75, 3.05) is 6.61 Å². The first-order chi connectivity index (χ1) is 4.95. The molecule has 1 unspecified atom stereocenters. The SMILES string of the molecule is C=COS(=O)OCC(F)(F)F. The van der Waals surface area contributed by atoms with E-state index in [0.717, 1.165) is 6.26 Å². The van der Waals surface area contributed by atoms with Crippen molar-refractivity contribution < 1.29 is 25.7 Å². The second-order valence-corrected chi connectivity index (χ2v) is 2.18. The van der Waals surface area contributed by atoms with Crippen LogP contribution in [-0.2, 0) is 19.7 Å². The van der Waals surface area contributed by atoms with Gasteiger partial charge in [-0.25, -0.2) is 4.18 Å². The summed E-state index contributed by atoms with van der Waals surface area (Å²) in [5, 5.41) is 0. The lowest BCUT2D eigenvalue weighted by Gasteiger charge is -2.04. The molecule has 0 amide bonds. The van der Waals surface area contributed by atoms with Crippen molar-refractivity contribution >= 4 is 11.4 Å². The molecule has 0 N–H and O–H groups in total. The summed E-state index contributed by atoms with van der Waals surface area (Å²) in [4.78, 5) is 0. The Hall–Kier alpha value is -0.560. The first-order valence-corrected chi connectivity index (χ1v) is 3.35. The fourth-order valence-corrected chi connectivity index (χ4v) is 0.595. The molecule has 0 aromatic carbocycles. The van der Waals surface area contributed by atoms with Crippen LogP contribution < -0.4 is 0 Å². The molecule has 0 fully saturated rings. The van der Waals surface area contributed by atoms with Gasteiger partial charge in [0.2, 0.25) is 0 Å². The number of hydrogen-bond acceptors (Lipinski definition) is 3. The lowest BCUT2D eigenvalue weighted by Crippen LogP contribution is -2.18. The molecule has 66 valence electrons. The van der Waals surface area contributed by atoms with E-state index >= 15 is 0 Å². The van der Waals surface area contributed by atoms with E-state index < -0.39 is 24.1 Å². The van der Waals surface area contributed by atoms with Crippen molar-refractivity contribution in [3.63, 3.8) is 0 Å². The van der Waals surface area contributed by atoms with Crippen molar-refractivity contribution in [2.45, 2.75) is 6.18 Å². The molecule has 0 aliphatic carbocycles. The topological polar surface area (TPSA) is 35.5 Å². The largest absolute Gasteiger partial charge is 0.413 e. The summed E-state index contributed by atoms with van der Waals surface area (Å²) >= 11 is -2.40. The van der Waals surface area contributed by atoms with E-state index in [1.165, 1.54) is 0 Å². The van der Waals surface area contributed by atoms with Crippen LogP contribution in [0.2, 0.25) is 0 Å². The zero-order chi connectivity index (χ0) is 8.91. The average Bonchev–Trinajstić information content (AvgIpc) is 1.83. The fraction of sp³-hybridized carbons (Fsp3) is 0.500.